The molecule has 1 rings (SSSR count). The SMILES string of the molecule is CCCCCCCC/C=C/CCCCCCCCCC(=O)OC[C@H](CO[C@@H]1O[C@H](CO)[C@H](O)C(O)C1O)OC(=O)CCCCCCCCCCCCCCCCCCCC. The molecule has 0 amide bonds. The zero-order chi connectivity index (χ0) is 43.7. The van der Waals surface area contributed by atoms with E-state index in [9.17, 15) is 30.0 Å². The molecule has 0 bridgehead atoms. The van der Waals surface area contributed by atoms with Crippen LogP contribution in [0.15, 0.2) is 12.2 Å². The van der Waals surface area contributed by atoms with Crippen LogP contribution in [0.25, 0.3) is 0 Å². The van der Waals surface area contributed by atoms with Gasteiger partial charge < -0.3 is 39.4 Å². The van der Waals surface area contributed by atoms with Crippen molar-refractivity contribution in [1.82, 2.24) is 0 Å². The van der Waals surface area contributed by atoms with Gasteiger partial charge in [-0.15, -0.1) is 0 Å². The van der Waals surface area contributed by atoms with Crippen LogP contribution in [-0.2, 0) is 28.5 Å². The first kappa shape index (κ1) is 56.5. The zero-order valence-corrected chi connectivity index (χ0v) is 38.7. The Morgan fingerprint density at radius 3 is 1.30 bits per heavy atom. The van der Waals surface area contributed by atoms with Gasteiger partial charge in [0.25, 0.3) is 0 Å². The second kappa shape index (κ2) is 41.5. The summed E-state index contributed by atoms with van der Waals surface area (Å²) in [5.41, 5.74) is 0. The van der Waals surface area contributed by atoms with Crippen molar-refractivity contribution < 1.29 is 49.0 Å². The molecule has 60 heavy (non-hydrogen) atoms. The minimum absolute atomic E-state index is 0.214. The lowest BCUT2D eigenvalue weighted by molar-refractivity contribution is -0.305. The maximum Gasteiger partial charge on any atom is 0.306 e. The van der Waals surface area contributed by atoms with E-state index in [4.69, 9.17) is 18.9 Å². The van der Waals surface area contributed by atoms with Gasteiger partial charge in [0, 0.05) is 12.8 Å². The van der Waals surface area contributed by atoms with E-state index in [0.29, 0.717) is 6.42 Å². The van der Waals surface area contributed by atoms with Gasteiger partial charge in [-0.3, -0.25) is 9.59 Å². The van der Waals surface area contributed by atoms with E-state index in [1.165, 1.54) is 154 Å². The molecule has 1 fully saturated rings. The van der Waals surface area contributed by atoms with Crippen molar-refractivity contribution in [1.29, 1.82) is 0 Å². The number of rotatable bonds is 43. The molecule has 1 aliphatic heterocycles. The highest BCUT2D eigenvalue weighted by Gasteiger charge is 2.44. The number of aliphatic hydroxyl groups excluding tert-OH is 4. The highest BCUT2D eigenvalue weighted by Crippen LogP contribution is 2.23. The van der Waals surface area contributed by atoms with Crippen LogP contribution in [-0.4, -0.2) is 89.0 Å². The van der Waals surface area contributed by atoms with Gasteiger partial charge in [0.2, 0.25) is 0 Å². The van der Waals surface area contributed by atoms with Crippen molar-refractivity contribution in [2.24, 2.45) is 0 Å². The molecule has 0 aromatic carbocycles. The summed E-state index contributed by atoms with van der Waals surface area (Å²) in [6.45, 7) is 3.46. The average Bonchev–Trinajstić information content (AvgIpc) is 3.25. The fourth-order valence-electron chi connectivity index (χ4n) is 7.89. The number of ether oxygens (including phenoxy) is 4. The number of carbonyl (C=O) groups is 2. The van der Waals surface area contributed by atoms with E-state index in [1.54, 1.807) is 0 Å². The van der Waals surface area contributed by atoms with Crippen LogP contribution in [0.2, 0.25) is 0 Å². The number of esters is 2. The van der Waals surface area contributed by atoms with Crippen LogP contribution >= 0.6 is 0 Å². The molecule has 0 aromatic rings. The van der Waals surface area contributed by atoms with Crippen molar-refractivity contribution >= 4 is 11.9 Å². The molecule has 1 aliphatic rings. The van der Waals surface area contributed by atoms with Crippen molar-refractivity contribution in [3.63, 3.8) is 0 Å². The number of unbranched alkanes of at least 4 members (excludes halogenated alkanes) is 30. The molecule has 0 spiro atoms. The number of carbonyl (C=O) groups excluding carboxylic acids is 2. The third kappa shape index (κ3) is 32.2. The zero-order valence-electron chi connectivity index (χ0n) is 38.7. The molecule has 4 N–H and O–H groups in total. The highest BCUT2D eigenvalue weighted by atomic mass is 16.7. The fraction of sp³-hybridized carbons (Fsp3) is 0.920. The minimum Gasteiger partial charge on any atom is -0.462 e. The van der Waals surface area contributed by atoms with E-state index in [0.717, 1.165) is 51.4 Å². The van der Waals surface area contributed by atoms with Gasteiger partial charge in [-0.25, -0.2) is 0 Å². The third-order valence-electron chi connectivity index (χ3n) is 11.9. The molecule has 0 aromatic heterocycles. The third-order valence-corrected chi connectivity index (χ3v) is 11.9. The highest BCUT2D eigenvalue weighted by molar-refractivity contribution is 5.70. The lowest BCUT2D eigenvalue weighted by atomic mass is 9.99. The maximum absolute atomic E-state index is 12.8. The second-order valence-corrected chi connectivity index (χ2v) is 17.6. The Bertz CT molecular complexity index is 990. The Labute approximate surface area is 367 Å². The van der Waals surface area contributed by atoms with Crippen molar-refractivity contribution in [2.45, 2.75) is 275 Å². The van der Waals surface area contributed by atoms with Gasteiger partial charge in [0.05, 0.1) is 13.2 Å². The Hall–Kier alpha value is -1.56. The van der Waals surface area contributed by atoms with Gasteiger partial charge in [-0.05, 0) is 38.5 Å². The first-order valence-electron chi connectivity index (χ1n) is 25.3. The maximum atomic E-state index is 12.8. The molecule has 0 aliphatic carbocycles. The van der Waals surface area contributed by atoms with Crippen molar-refractivity contribution in [2.75, 3.05) is 19.8 Å². The van der Waals surface area contributed by atoms with Crippen molar-refractivity contribution in [3.8, 4) is 0 Å². The molecule has 0 radical (unpaired) electrons. The van der Waals surface area contributed by atoms with E-state index in [-0.39, 0.29) is 32.0 Å². The van der Waals surface area contributed by atoms with E-state index >= 15 is 0 Å². The Kier molecular flexibility index (Phi) is 39.0. The Morgan fingerprint density at radius 1 is 0.500 bits per heavy atom. The van der Waals surface area contributed by atoms with Crippen LogP contribution < -0.4 is 0 Å². The van der Waals surface area contributed by atoms with Crippen LogP contribution in [0.3, 0.4) is 0 Å². The van der Waals surface area contributed by atoms with Crippen LogP contribution in [0.1, 0.15) is 239 Å². The van der Waals surface area contributed by atoms with Crippen LogP contribution in [0.4, 0.5) is 0 Å². The molecule has 0 saturated carbocycles. The standard InChI is InChI=1S/C50H94O10/c1-3-5-7-9-11-13-15-17-19-21-23-25-27-29-31-33-35-37-39-46(53)59-43(42-58-50-49(56)48(55)47(54)44(40-51)60-50)41-57-45(52)38-36-34-32-30-28-26-24-22-20-18-16-14-12-10-8-6-4-2/h18,20,43-44,47-51,54-56H,3-17,19,21-42H2,1-2H3/b20-18+/t43-,44-,47+,48?,49?,50-/m1/s1. The summed E-state index contributed by atoms with van der Waals surface area (Å²) in [4.78, 5) is 25.4. The number of allylic oxidation sites excluding steroid dienone is 2. The summed E-state index contributed by atoms with van der Waals surface area (Å²) >= 11 is 0. The van der Waals surface area contributed by atoms with Gasteiger partial charge in [0.15, 0.2) is 12.4 Å². The second-order valence-electron chi connectivity index (χ2n) is 17.6. The summed E-state index contributed by atoms with van der Waals surface area (Å²) in [6, 6.07) is 0. The molecule has 2 unspecified atom stereocenters. The number of hydrogen-bond acceptors (Lipinski definition) is 10. The van der Waals surface area contributed by atoms with Crippen LogP contribution in [0.5, 0.6) is 0 Å². The lowest BCUT2D eigenvalue weighted by Crippen LogP contribution is -2.59. The molecule has 1 heterocycles. The Morgan fingerprint density at radius 2 is 0.883 bits per heavy atom. The van der Waals surface area contributed by atoms with E-state index < -0.39 is 49.4 Å². The molecular formula is C50H94O10. The summed E-state index contributed by atoms with van der Waals surface area (Å²) in [7, 11) is 0. The van der Waals surface area contributed by atoms with Gasteiger partial charge in [0.1, 0.15) is 31.0 Å². The predicted molar refractivity (Wildman–Crippen MR) is 243 cm³/mol. The molecule has 6 atom stereocenters. The molecule has 10 heteroatoms. The minimum atomic E-state index is -1.59. The topological polar surface area (TPSA) is 152 Å². The molecule has 10 nitrogen and oxygen atoms in total. The molecule has 354 valence electrons. The summed E-state index contributed by atoms with van der Waals surface area (Å²) in [5, 5.41) is 40.2. The smallest absolute Gasteiger partial charge is 0.306 e. The normalized spacial score (nSPS) is 19.9. The first-order valence-corrected chi connectivity index (χ1v) is 25.3. The van der Waals surface area contributed by atoms with Gasteiger partial charge in [-0.2, -0.15) is 0 Å². The van der Waals surface area contributed by atoms with E-state index in [2.05, 4.69) is 26.0 Å². The fourth-order valence-corrected chi connectivity index (χ4v) is 7.89. The molecular weight excluding hydrogens is 761 g/mol. The summed E-state index contributed by atoms with van der Waals surface area (Å²) in [6.07, 6.45) is 37.9. The average molecular weight is 855 g/mol. The summed E-state index contributed by atoms with van der Waals surface area (Å²) in [5.74, 6) is -0.797. The van der Waals surface area contributed by atoms with Gasteiger partial charge in [-0.1, -0.05) is 199 Å². The summed E-state index contributed by atoms with van der Waals surface area (Å²) < 4.78 is 22.2. The lowest BCUT2D eigenvalue weighted by Gasteiger charge is -2.39. The number of aliphatic hydroxyl groups is 4. The van der Waals surface area contributed by atoms with E-state index in [1.807, 2.05) is 0 Å². The largest absolute Gasteiger partial charge is 0.462 e. The predicted octanol–water partition coefficient (Wildman–Crippen LogP) is 11.5. The Balaban J connectivity index is 2.26. The number of hydrogen-bond donors (Lipinski definition) is 4. The van der Waals surface area contributed by atoms with Gasteiger partial charge >= 0.3 is 11.9 Å². The van der Waals surface area contributed by atoms with Crippen LogP contribution in [0, 0.1) is 0 Å². The van der Waals surface area contributed by atoms with Crippen molar-refractivity contribution in [3.05, 3.63) is 12.2 Å². The quantitative estimate of drug-likeness (QED) is 0.0265. The first-order chi connectivity index (χ1) is 29.3. The molecule has 1 saturated heterocycles. The monoisotopic (exact) mass is 855 g/mol.